The summed E-state index contributed by atoms with van der Waals surface area (Å²) in [6.07, 6.45) is 0. The van der Waals surface area contributed by atoms with Crippen LogP contribution in [0, 0.1) is 13.8 Å². The van der Waals surface area contributed by atoms with E-state index in [1.54, 1.807) is 26.0 Å². The number of carbonyl (C=O) groups is 2. The third-order valence-corrected chi connectivity index (χ3v) is 4.53. The Kier molecular flexibility index (Phi) is 4.19. The molecule has 0 radical (unpaired) electrons. The molecule has 0 saturated carbocycles. The zero-order valence-electron chi connectivity index (χ0n) is 15.2. The van der Waals surface area contributed by atoms with E-state index < -0.39 is 5.97 Å². The molecule has 1 amide bonds. The average Bonchev–Trinajstić information content (AvgIpc) is 3.24. The van der Waals surface area contributed by atoms with Gasteiger partial charge < -0.3 is 14.8 Å². The summed E-state index contributed by atoms with van der Waals surface area (Å²) in [5.41, 5.74) is 3.68. The lowest BCUT2D eigenvalue weighted by atomic mass is 10.0. The SMILES string of the molecule is Cc1cc(C(=O)Nc2ccc(-c3ccc4c(C(=O)O)n[nH]c4c3)cc2)c(C)o1. The number of rotatable bonds is 4. The molecule has 0 fully saturated rings. The molecule has 7 heteroatoms. The van der Waals surface area contributed by atoms with Gasteiger partial charge in [0.2, 0.25) is 0 Å². The normalized spacial score (nSPS) is 10.9. The molecular weight excluding hydrogens is 358 g/mol. The van der Waals surface area contributed by atoms with E-state index in [9.17, 15) is 9.59 Å². The molecule has 2 heterocycles. The first-order chi connectivity index (χ1) is 13.4. The summed E-state index contributed by atoms with van der Waals surface area (Å²) in [6, 6.07) is 14.5. The van der Waals surface area contributed by atoms with Crippen LogP contribution in [0.1, 0.15) is 32.4 Å². The second-order valence-electron chi connectivity index (χ2n) is 6.50. The largest absolute Gasteiger partial charge is 0.476 e. The van der Waals surface area contributed by atoms with Gasteiger partial charge >= 0.3 is 5.97 Å². The Hall–Kier alpha value is -3.87. The molecule has 3 N–H and O–H groups in total. The fourth-order valence-electron chi connectivity index (χ4n) is 3.16. The quantitative estimate of drug-likeness (QED) is 0.490. The van der Waals surface area contributed by atoms with Gasteiger partial charge in [-0.3, -0.25) is 9.89 Å². The van der Waals surface area contributed by atoms with Crippen LogP contribution in [0.2, 0.25) is 0 Å². The molecular formula is C21H17N3O4. The summed E-state index contributed by atoms with van der Waals surface area (Å²) in [4.78, 5) is 23.5. The maximum Gasteiger partial charge on any atom is 0.357 e. The number of carbonyl (C=O) groups excluding carboxylic acids is 1. The summed E-state index contributed by atoms with van der Waals surface area (Å²) in [6.45, 7) is 3.56. The fourth-order valence-corrected chi connectivity index (χ4v) is 3.16. The number of anilines is 1. The van der Waals surface area contributed by atoms with E-state index in [4.69, 9.17) is 9.52 Å². The highest BCUT2D eigenvalue weighted by Crippen LogP contribution is 2.26. The van der Waals surface area contributed by atoms with Gasteiger partial charge in [0.25, 0.3) is 5.91 Å². The Balaban J connectivity index is 1.56. The van der Waals surface area contributed by atoms with Gasteiger partial charge in [0, 0.05) is 11.1 Å². The van der Waals surface area contributed by atoms with Crippen LogP contribution in [-0.2, 0) is 0 Å². The minimum Gasteiger partial charge on any atom is -0.476 e. The number of aromatic nitrogens is 2. The molecule has 0 atom stereocenters. The van der Waals surface area contributed by atoms with Gasteiger partial charge in [0.1, 0.15) is 11.5 Å². The number of H-pyrrole nitrogens is 1. The second-order valence-corrected chi connectivity index (χ2v) is 6.50. The highest BCUT2D eigenvalue weighted by Gasteiger charge is 2.15. The number of hydrogen-bond acceptors (Lipinski definition) is 4. The van der Waals surface area contributed by atoms with Crippen LogP contribution in [0.5, 0.6) is 0 Å². The lowest BCUT2D eigenvalue weighted by Crippen LogP contribution is -2.11. The van der Waals surface area contributed by atoms with E-state index in [2.05, 4.69) is 15.5 Å². The zero-order chi connectivity index (χ0) is 19.8. The summed E-state index contributed by atoms with van der Waals surface area (Å²) >= 11 is 0. The van der Waals surface area contributed by atoms with Crippen LogP contribution < -0.4 is 5.32 Å². The number of aryl methyl sites for hydroxylation is 2. The summed E-state index contributed by atoms with van der Waals surface area (Å²) < 4.78 is 5.40. The molecule has 4 aromatic rings. The van der Waals surface area contributed by atoms with Crippen LogP contribution in [-0.4, -0.2) is 27.2 Å². The molecule has 0 saturated heterocycles. The third kappa shape index (κ3) is 3.14. The summed E-state index contributed by atoms with van der Waals surface area (Å²) in [7, 11) is 0. The van der Waals surface area contributed by atoms with Gasteiger partial charge in [-0.2, -0.15) is 5.10 Å². The number of nitrogens with one attached hydrogen (secondary N) is 2. The van der Waals surface area contributed by atoms with Gasteiger partial charge in [0.05, 0.1) is 11.1 Å². The van der Waals surface area contributed by atoms with E-state index in [0.29, 0.717) is 33.7 Å². The lowest BCUT2D eigenvalue weighted by Gasteiger charge is -2.07. The second kappa shape index (κ2) is 6.70. The van der Waals surface area contributed by atoms with E-state index in [-0.39, 0.29) is 11.6 Å². The Labute approximate surface area is 160 Å². The number of amides is 1. The van der Waals surface area contributed by atoms with Crippen LogP contribution in [0.15, 0.2) is 52.9 Å². The summed E-state index contributed by atoms with van der Waals surface area (Å²) in [5, 5.41) is 19.1. The molecule has 140 valence electrons. The number of furan rings is 1. The third-order valence-electron chi connectivity index (χ3n) is 4.53. The fraction of sp³-hybridized carbons (Fsp3) is 0.0952. The van der Waals surface area contributed by atoms with Crippen molar-refractivity contribution in [2.45, 2.75) is 13.8 Å². The van der Waals surface area contributed by atoms with Crippen molar-refractivity contribution < 1.29 is 19.1 Å². The predicted octanol–water partition coefficient (Wildman–Crippen LogP) is 4.39. The molecule has 0 unspecified atom stereocenters. The number of carboxylic acid groups (broad SMARTS) is 1. The van der Waals surface area contributed by atoms with Crippen molar-refractivity contribution in [3.63, 3.8) is 0 Å². The molecule has 4 rings (SSSR count). The molecule has 7 nitrogen and oxygen atoms in total. The van der Waals surface area contributed by atoms with Crippen LogP contribution in [0.3, 0.4) is 0 Å². The van der Waals surface area contributed by atoms with Crippen molar-refractivity contribution in [2.75, 3.05) is 5.32 Å². The van der Waals surface area contributed by atoms with Gasteiger partial charge in [-0.05, 0) is 55.3 Å². The summed E-state index contributed by atoms with van der Waals surface area (Å²) in [5.74, 6) is -0.0113. The number of aromatic carboxylic acids is 1. The number of fused-ring (bicyclic) bond motifs is 1. The van der Waals surface area contributed by atoms with Crippen molar-refractivity contribution in [1.29, 1.82) is 0 Å². The standard InChI is InChI=1S/C21H17N3O4/c1-11-9-17(12(2)28-11)20(25)22-15-6-3-13(4-7-15)14-5-8-16-18(10-14)23-24-19(16)21(26)27/h3-10H,1-2H3,(H,22,25)(H,23,24)(H,26,27). The van der Waals surface area contributed by atoms with Crippen molar-refractivity contribution in [2.24, 2.45) is 0 Å². The number of carboxylic acids is 1. The van der Waals surface area contributed by atoms with Gasteiger partial charge in [-0.15, -0.1) is 0 Å². The van der Waals surface area contributed by atoms with E-state index in [0.717, 1.165) is 11.1 Å². The maximum absolute atomic E-state index is 12.4. The Morgan fingerprint density at radius 1 is 1.04 bits per heavy atom. The Bertz CT molecular complexity index is 1200. The average molecular weight is 375 g/mol. The smallest absolute Gasteiger partial charge is 0.357 e. The molecule has 0 spiro atoms. The molecule has 0 aliphatic carbocycles. The van der Waals surface area contributed by atoms with Gasteiger partial charge in [-0.25, -0.2) is 4.79 Å². The topological polar surface area (TPSA) is 108 Å². The van der Waals surface area contributed by atoms with E-state index >= 15 is 0 Å². The van der Waals surface area contributed by atoms with Crippen molar-refractivity contribution >= 4 is 28.5 Å². The predicted molar refractivity (Wildman–Crippen MR) is 105 cm³/mol. The van der Waals surface area contributed by atoms with Crippen LogP contribution >= 0.6 is 0 Å². The first-order valence-corrected chi connectivity index (χ1v) is 8.62. The van der Waals surface area contributed by atoms with Crippen LogP contribution in [0.25, 0.3) is 22.0 Å². The van der Waals surface area contributed by atoms with E-state index in [1.165, 1.54) is 0 Å². The highest BCUT2D eigenvalue weighted by molar-refractivity contribution is 6.05. The zero-order valence-corrected chi connectivity index (χ0v) is 15.2. The molecule has 2 aromatic carbocycles. The number of nitrogens with zero attached hydrogens (tertiary/aromatic N) is 1. The van der Waals surface area contributed by atoms with Gasteiger partial charge in [-0.1, -0.05) is 18.2 Å². The molecule has 0 aliphatic heterocycles. The lowest BCUT2D eigenvalue weighted by molar-refractivity contribution is 0.0692. The minimum atomic E-state index is -1.07. The van der Waals surface area contributed by atoms with Crippen molar-refractivity contribution in [3.05, 3.63) is 71.3 Å². The monoisotopic (exact) mass is 375 g/mol. The van der Waals surface area contributed by atoms with Crippen molar-refractivity contribution in [1.82, 2.24) is 10.2 Å². The molecule has 2 aromatic heterocycles. The first kappa shape index (κ1) is 17.5. The molecule has 28 heavy (non-hydrogen) atoms. The number of hydrogen-bond donors (Lipinski definition) is 3. The first-order valence-electron chi connectivity index (χ1n) is 8.62. The Morgan fingerprint density at radius 2 is 1.75 bits per heavy atom. The molecule has 0 aliphatic rings. The van der Waals surface area contributed by atoms with Gasteiger partial charge in [0.15, 0.2) is 5.69 Å². The van der Waals surface area contributed by atoms with Crippen LogP contribution in [0.4, 0.5) is 5.69 Å². The number of aromatic amines is 1. The maximum atomic E-state index is 12.4. The van der Waals surface area contributed by atoms with Crippen molar-refractivity contribution in [3.8, 4) is 11.1 Å². The Morgan fingerprint density at radius 3 is 2.39 bits per heavy atom. The number of benzene rings is 2. The minimum absolute atomic E-state index is 0.00406. The highest BCUT2D eigenvalue weighted by atomic mass is 16.4. The molecule has 0 bridgehead atoms. The van der Waals surface area contributed by atoms with E-state index in [1.807, 2.05) is 36.4 Å².